The molecule has 0 aliphatic carbocycles. The van der Waals surface area contributed by atoms with Crippen LogP contribution in [0.25, 0.3) is 10.9 Å². The first kappa shape index (κ1) is 27.5. The van der Waals surface area contributed by atoms with E-state index in [-0.39, 0.29) is 5.25 Å². The molecule has 0 aliphatic heterocycles. The molecule has 0 radical (unpaired) electrons. The van der Waals surface area contributed by atoms with Crippen molar-refractivity contribution < 1.29 is 19.4 Å². The highest BCUT2D eigenvalue weighted by Gasteiger charge is 2.19. The van der Waals surface area contributed by atoms with Gasteiger partial charge in [0.25, 0.3) is 0 Å². The lowest BCUT2D eigenvalue weighted by Gasteiger charge is -2.20. The fourth-order valence-electron chi connectivity index (χ4n) is 4.12. The number of primary amides is 1. The molecule has 0 bridgehead atoms. The van der Waals surface area contributed by atoms with Gasteiger partial charge in [0.15, 0.2) is 0 Å². The topological polar surface area (TPSA) is 103 Å². The summed E-state index contributed by atoms with van der Waals surface area (Å²) in [6.07, 6.45) is 1.34. The number of nitrogens with two attached hydrogens (primary N) is 1. The highest BCUT2D eigenvalue weighted by Crippen LogP contribution is 2.36. The Hall–Kier alpha value is -3.55. The Morgan fingerprint density at radius 2 is 1.84 bits per heavy atom. The van der Waals surface area contributed by atoms with Crippen molar-refractivity contribution in [3.8, 4) is 5.75 Å². The summed E-state index contributed by atoms with van der Waals surface area (Å²) < 4.78 is 6.08. The fraction of sp³-hybridized carbons (Fsp3) is 0.233. The van der Waals surface area contributed by atoms with Crippen LogP contribution < -0.4 is 10.5 Å². The number of rotatable bonds is 12. The zero-order chi connectivity index (χ0) is 27.1. The maximum absolute atomic E-state index is 11.9. The number of carboxylic acid groups (broad SMARTS) is 1. The van der Waals surface area contributed by atoms with Gasteiger partial charge in [0.1, 0.15) is 12.4 Å². The van der Waals surface area contributed by atoms with Gasteiger partial charge in [-0.1, -0.05) is 61.0 Å². The first-order valence-corrected chi connectivity index (χ1v) is 13.7. The first-order chi connectivity index (χ1) is 18.3. The standard InChI is InChI=1S/C30H29ClN2O4S/c1-19(30(35)36)18-38-28(14-11-20-5-2-3-8-26(20)29(32)34)22-6-4-7-25(15-22)37-17-24-13-10-21-9-12-23(31)16-27(21)33-24/h2-10,12-13,15-16,19,28H,11,14,17-18H2,1H3,(H2,32,34)(H,35,36). The Morgan fingerprint density at radius 1 is 1.05 bits per heavy atom. The molecule has 0 aliphatic rings. The van der Waals surface area contributed by atoms with Crippen LogP contribution in [0, 0.1) is 5.92 Å². The Kier molecular flexibility index (Phi) is 9.26. The molecule has 2 atom stereocenters. The monoisotopic (exact) mass is 548 g/mol. The minimum Gasteiger partial charge on any atom is -0.487 e. The number of thioether (sulfide) groups is 1. The third-order valence-electron chi connectivity index (χ3n) is 6.26. The van der Waals surface area contributed by atoms with Crippen molar-refractivity contribution in [1.82, 2.24) is 4.98 Å². The normalized spacial score (nSPS) is 12.7. The molecule has 8 heteroatoms. The van der Waals surface area contributed by atoms with Crippen molar-refractivity contribution in [1.29, 1.82) is 0 Å². The van der Waals surface area contributed by atoms with Gasteiger partial charge in [0, 0.05) is 27.0 Å². The van der Waals surface area contributed by atoms with Gasteiger partial charge in [0.2, 0.25) is 5.91 Å². The van der Waals surface area contributed by atoms with Crippen LogP contribution in [0.4, 0.5) is 0 Å². The van der Waals surface area contributed by atoms with E-state index in [2.05, 4.69) is 4.98 Å². The van der Waals surface area contributed by atoms with Crippen LogP contribution in [0.1, 0.15) is 45.8 Å². The molecular weight excluding hydrogens is 520 g/mol. The lowest BCUT2D eigenvalue weighted by atomic mass is 9.99. The smallest absolute Gasteiger partial charge is 0.307 e. The molecule has 0 saturated carbocycles. The largest absolute Gasteiger partial charge is 0.487 e. The molecule has 3 aromatic carbocycles. The highest BCUT2D eigenvalue weighted by atomic mass is 35.5. The molecule has 38 heavy (non-hydrogen) atoms. The number of nitrogens with zero attached hydrogens (tertiary/aromatic N) is 1. The molecule has 4 aromatic rings. The van der Waals surface area contributed by atoms with Gasteiger partial charge in [-0.25, -0.2) is 4.98 Å². The molecule has 196 valence electrons. The lowest BCUT2D eigenvalue weighted by Crippen LogP contribution is -2.15. The van der Waals surface area contributed by atoms with Crippen molar-refractivity contribution in [3.05, 3.63) is 106 Å². The first-order valence-electron chi connectivity index (χ1n) is 12.3. The molecular formula is C30H29ClN2O4S. The van der Waals surface area contributed by atoms with Crippen molar-refractivity contribution in [2.75, 3.05) is 5.75 Å². The summed E-state index contributed by atoms with van der Waals surface area (Å²) in [5, 5.41) is 11.0. The van der Waals surface area contributed by atoms with Crippen molar-refractivity contribution in [2.45, 2.75) is 31.6 Å². The van der Waals surface area contributed by atoms with E-state index in [0.29, 0.717) is 41.5 Å². The fourth-order valence-corrected chi connectivity index (χ4v) is 5.57. The van der Waals surface area contributed by atoms with E-state index in [9.17, 15) is 14.7 Å². The molecule has 2 unspecified atom stereocenters. The Morgan fingerprint density at radius 3 is 2.63 bits per heavy atom. The second-order valence-electron chi connectivity index (χ2n) is 9.12. The number of carboxylic acids is 1. The lowest BCUT2D eigenvalue weighted by molar-refractivity contribution is -0.140. The number of pyridine rings is 1. The third kappa shape index (κ3) is 7.27. The quantitative estimate of drug-likeness (QED) is 0.204. The van der Waals surface area contributed by atoms with Crippen LogP contribution in [-0.4, -0.2) is 27.7 Å². The van der Waals surface area contributed by atoms with Gasteiger partial charge in [-0.05, 0) is 60.4 Å². The van der Waals surface area contributed by atoms with Gasteiger partial charge >= 0.3 is 5.97 Å². The maximum Gasteiger partial charge on any atom is 0.307 e. The molecule has 1 heterocycles. The molecule has 0 saturated heterocycles. The summed E-state index contributed by atoms with van der Waals surface area (Å²) in [5.74, 6) is -0.593. The minimum absolute atomic E-state index is 0.00205. The molecule has 4 rings (SSSR count). The van der Waals surface area contributed by atoms with Crippen LogP contribution in [-0.2, 0) is 17.8 Å². The predicted octanol–water partition coefficient (Wildman–Crippen LogP) is 6.69. The molecule has 1 aromatic heterocycles. The van der Waals surface area contributed by atoms with E-state index < -0.39 is 17.8 Å². The van der Waals surface area contributed by atoms with Crippen molar-refractivity contribution in [2.24, 2.45) is 11.7 Å². The van der Waals surface area contributed by atoms with Crippen LogP contribution in [0.15, 0.2) is 78.9 Å². The summed E-state index contributed by atoms with van der Waals surface area (Å²) >= 11 is 7.71. The van der Waals surface area contributed by atoms with Crippen LogP contribution in [0.3, 0.4) is 0 Å². The number of benzene rings is 3. The number of hydrogen-bond acceptors (Lipinski definition) is 5. The zero-order valence-corrected chi connectivity index (χ0v) is 22.5. The van der Waals surface area contributed by atoms with Crippen LogP contribution in [0.2, 0.25) is 5.02 Å². The van der Waals surface area contributed by atoms with Gasteiger partial charge < -0.3 is 15.6 Å². The van der Waals surface area contributed by atoms with E-state index in [0.717, 1.165) is 27.7 Å². The number of hydrogen-bond donors (Lipinski definition) is 2. The van der Waals surface area contributed by atoms with Crippen LogP contribution in [0.5, 0.6) is 5.75 Å². The number of halogens is 1. The minimum atomic E-state index is -0.823. The number of aliphatic carboxylic acids is 1. The molecule has 6 nitrogen and oxygen atoms in total. The third-order valence-corrected chi connectivity index (χ3v) is 8.09. The second kappa shape index (κ2) is 12.8. The SMILES string of the molecule is CC(CSC(CCc1ccccc1C(N)=O)c1cccc(OCc2ccc3ccc(Cl)cc3n2)c1)C(=O)O. The number of carbonyl (C=O) groups is 2. The zero-order valence-electron chi connectivity index (χ0n) is 21.0. The Labute approximate surface area is 231 Å². The number of amides is 1. The van der Waals surface area contributed by atoms with Crippen molar-refractivity contribution in [3.63, 3.8) is 0 Å². The van der Waals surface area contributed by atoms with E-state index >= 15 is 0 Å². The summed E-state index contributed by atoms with van der Waals surface area (Å²) in [5.41, 5.74) is 9.58. The van der Waals surface area contributed by atoms with E-state index in [4.69, 9.17) is 22.1 Å². The van der Waals surface area contributed by atoms with Gasteiger partial charge in [0.05, 0.1) is 17.1 Å². The predicted molar refractivity (Wildman–Crippen MR) is 153 cm³/mol. The van der Waals surface area contributed by atoms with Gasteiger partial charge in [-0.2, -0.15) is 11.8 Å². The highest BCUT2D eigenvalue weighted by molar-refractivity contribution is 7.99. The number of aryl methyl sites for hydroxylation is 1. The Balaban J connectivity index is 1.50. The number of fused-ring (bicyclic) bond motifs is 1. The molecule has 1 amide bonds. The molecule has 3 N–H and O–H groups in total. The number of aromatic nitrogens is 1. The average Bonchev–Trinajstić information content (AvgIpc) is 2.91. The van der Waals surface area contributed by atoms with E-state index in [1.54, 1.807) is 30.8 Å². The summed E-state index contributed by atoms with van der Waals surface area (Å²) in [4.78, 5) is 27.9. The van der Waals surface area contributed by atoms with Crippen molar-refractivity contribution >= 4 is 46.1 Å². The summed E-state index contributed by atoms with van der Waals surface area (Å²) in [7, 11) is 0. The average molecular weight is 549 g/mol. The Bertz CT molecular complexity index is 1440. The van der Waals surface area contributed by atoms with E-state index in [1.165, 1.54) is 0 Å². The molecule has 0 fully saturated rings. The van der Waals surface area contributed by atoms with E-state index in [1.807, 2.05) is 66.7 Å². The van der Waals surface area contributed by atoms with Gasteiger partial charge in [-0.3, -0.25) is 9.59 Å². The maximum atomic E-state index is 11.9. The van der Waals surface area contributed by atoms with Crippen LogP contribution >= 0.6 is 23.4 Å². The van der Waals surface area contributed by atoms with Gasteiger partial charge in [-0.15, -0.1) is 0 Å². The molecule has 0 spiro atoms. The second-order valence-corrected chi connectivity index (χ2v) is 10.8. The number of ether oxygens (including phenoxy) is 1. The summed E-state index contributed by atoms with van der Waals surface area (Å²) in [6.45, 7) is 2.00. The number of carbonyl (C=O) groups excluding carboxylic acids is 1. The summed E-state index contributed by atoms with van der Waals surface area (Å²) in [6, 6.07) is 24.7.